The van der Waals surface area contributed by atoms with E-state index in [4.69, 9.17) is 0 Å². The zero-order valence-electron chi connectivity index (χ0n) is 11.4. The predicted octanol–water partition coefficient (Wildman–Crippen LogP) is 1.99. The van der Waals surface area contributed by atoms with Crippen molar-refractivity contribution in [3.8, 4) is 0 Å². The molecule has 100 valence electrons. The Kier molecular flexibility index (Phi) is 3.24. The number of aliphatic hydroxyl groups excluding tert-OH is 1. The van der Waals surface area contributed by atoms with Crippen LogP contribution in [0, 0.1) is 11.3 Å². The van der Waals surface area contributed by atoms with Crippen molar-refractivity contribution in [1.82, 2.24) is 0 Å². The Morgan fingerprint density at radius 2 is 2.17 bits per heavy atom. The van der Waals surface area contributed by atoms with Crippen LogP contribution < -0.4 is 0 Å². The molecule has 1 fully saturated rings. The molecule has 0 bridgehead atoms. The normalized spacial score (nSPS) is 32.7. The van der Waals surface area contributed by atoms with Crippen LogP contribution in [0.15, 0.2) is 23.3 Å². The minimum absolute atomic E-state index is 0.0821. The number of ketones is 1. The highest BCUT2D eigenvalue weighted by Crippen LogP contribution is 2.49. The summed E-state index contributed by atoms with van der Waals surface area (Å²) in [7, 11) is 0. The van der Waals surface area contributed by atoms with Gasteiger partial charge in [-0.2, -0.15) is 0 Å². The fourth-order valence-electron chi connectivity index (χ4n) is 3.14. The van der Waals surface area contributed by atoms with E-state index < -0.39 is 5.60 Å². The number of fused-ring (bicyclic) bond motifs is 1. The molecule has 2 rings (SSSR count). The van der Waals surface area contributed by atoms with Crippen LogP contribution in [0.25, 0.3) is 0 Å². The van der Waals surface area contributed by atoms with Gasteiger partial charge in [0.15, 0.2) is 5.78 Å². The smallest absolute Gasteiger partial charge is 0.183 e. The molecule has 2 aliphatic carbocycles. The zero-order valence-corrected chi connectivity index (χ0v) is 11.4. The van der Waals surface area contributed by atoms with Crippen molar-refractivity contribution in [2.45, 2.75) is 45.6 Å². The molecule has 2 aliphatic rings. The minimum Gasteiger partial charge on any atom is -0.392 e. The molecule has 0 heterocycles. The molecule has 0 amide bonds. The summed E-state index contributed by atoms with van der Waals surface area (Å²) in [5, 5.41) is 19.6. The first kappa shape index (κ1) is 13.5. The van der Waals surface area contributed by atoms with Gasteiger partial charge in [0.1, 0.15) is 0 Å². The van der Waals surface area contributed by atoms with Crippen LogP contribution in [0.5, 0.6) is 0 Å². The van der Waals surface area contributed by atoms with Gasteiger partial charge >= 0.3 is 0 Å². The standard InChI is InChI=1S/C15H22O3/c1-14(2,18)10-4-6-15(3)7-5-13(17)11(9-16)12(15)8-10/h5,7,10,16,18H,4,6,8-9H2,1-3H3/t10-,15+/m1/s1. The second kappa shape index (κ2) is 4.32. The topological polar surface area (TPSA) is 57.5 Å². The van der Waals surface area contributed by atoms with E-state index in [1.807, 2.05) is 19.9 Å². The third-order valence-electron chi connectivity index (χ3n) is 4.57. The SMILES string of the molecule is CC(C)(O)[C@@H]1CC[C@@]2(C)C=CC(=O)C(CO)=C2C1. The van der Waals surface area contributed by atoms with Crippen LogP contribution in [0.4, 0.5) is 0 Å². The van der Waals surface area contributed by atoms with Gasteiger partial charge in [0, 0.05) is 11.0 Å². The molecule has 0 aliphatic heterocycles. The van der Waals surface area contributed by atoms with E-state index in [0.717, 1.165) is 18.4 Å². The number of aliphatic hydroxyl groups is 2. The highest BCUT2D eigenvalue weighted by atomic mass is 16.3. The summed E-state index contributed by atoms with van der Waals surface area (Å²) >= 11 is 0. The first-order chi connectivity index (χ1) is 8.28. The van der Waals surface area contributed by atoms with Gasteiger partial charge in [0.2, 0.25) is 0 Å². The second-order valence-corrected chi connectivity index (χ2v) is 6.32. The molecule has 0 aromatic carbocycles. The summed E-state index contributed by atoms with van der Waals surface area (Å²) < 4.78 is 0. The van der Waals surface area contributed by atoms with Crippen molar-refractivity contribution >= 4 is 5.78 Å². The van der Waals surface area contributed by atoms with Gasteiger partial charge in [-0.1, -0.05) is 18.6 Å². The summed E-state index contributed by atoms with van der Waals surface area (Å²) in [6, 6.07) is 0. The van der Waals surface area contributed by atoms with E-state index in [9.17, 15) is 15.0 Å². The number of rotatable bonds is 2. The van der Waals surface area contributed by atoms with Crippen molar-refractivity contribution in [3.63, 3.8) is 0 Å². The lowest BCUT2D eigenvalue weighted by Gasteiger charge is -2.44. The van der Waals surface area contributed by atoms with Crippen LogP contribution in [-0.2, 0) is 4.79 Å². The molecule has 3 heteroatoms. The molecule has 0 saturated heterocycles. The van der Waals surface area contributed by atoms with E-state index in [2.05, 4.69) is 6.92 Å². The quantitative estimate of drug-likeness (QED) is 0.788. The van der Waals surface area contributed by atoms with Crippen LogP contribution in [0.3, 0.4) is 0 Å². The number of hydrogen-bond donors (Lipinski definition) is 2. The lowest BCUT2D eigenvalue weighted by atomic mass is 9.62. The average molecular weight is 250 g/mol. The van der Waals surface area contributed by atoms with Gasteiger partial charge < -0.3 is 10.2 Å². The first-order valence-corrected chi connectivity index (χ1v) is 6.57. The van der Waals surface area contributed by atoms with Gasteiger partial charge in [0.05, 0.1) is 12.2 Å². The van der Waals surface area contributed by atoms with Crippen molar-refractivity contribution < 1.29 is 15.0 Å². The summed E-state index contributed by atoms with van der Waals surface area (Å²) in [5.74, 6) is 0.0720. The van der Waals surface area contributed by atoms with Gasteiger partial charge in [-0.3, -0.25) is 4.79 Å². The molecule has 0 spiro atoms. The highest BCUT2D eigenvalue weighted by Gasteiger charge is 2.42. The molecule has 0 radical (unpaired) electrons. The summed E-state index contributed by atoms with van der Waals surface area (Å²) in [4.78, 5) is 11.8. The third-order valence-corrected chi connectivity index (χ3v) is 4.57. The molecule has 0 unspecified atom stereocenters. The van der Waals surface area contributed by atoms with Gasteiger partial charge in [-0.15, -0.1) is 0 Å². The molecule has 2 N–H and O–H groups in total. The number of carbonyl (C=O) groups is 1. The van der Waals surface area contributed by atoms with Crippen molar-refractivity contribution in [2.24, 2.45) is 11.3 Å². The molecular weight excluding hydrogens is 228 g/mol. The van der Waals surface area contributed by atoms with E-state index in [1.54, 1.807) is 6.08 Å². The summed E-state index contributed by atoms with van der Waals surface area (Å²) in [6.07, 6.45) is 6.11. The fourth-order valence-corrected chi connectivity index (χ4v) is 3.14. The van der Waals surface area contributed by atoms with Crippen LogP contribution in [-0.4, -0.2) is 28.2 Å². The largest absolute Gasteiger partial charge is 0.392 e. The predicted molar refractivity (Wildman–Crippen MR) is 70.0 cm³/mol. The van der Waals surface area contributed by atoms with Crippen LogP contribution >= 0.6 is 0 Å². The number of carbonyl (C=O) groups excluding carboxylic acids is 1. The van der Waals surface area contributed by atoms with E-state index in [1.165, 1.54) is 0 Å². The molecule has 3 nitrogen and oxygen atoms in total. The lowest BCUT2D eigenvalue weighted by Crippen LogP contribution is -2.39. The zero-order chi connectivity index (χ0) is 13.6. The summed E-state index contributed by atoms with van der Waals surface area (Å²) in [6.45, 7) is 5.55. The van der Waals surface area contributed by atoms with Gasteiger partial charge in [-0.05, 0) is 45.1 Å². The van der Waals surface area contributed by atoms with Crippen molar-refractivity contribution in [3.05, 3.63) is 23.3 Å². The van der Waals surface area contributed by atoms with Crippen LogP contribution in [0.1, 0.15) is 40.0 Å². The average Bonchev–Trinajstić information content (AvgIpc) is 2.28. The van der Waals surface area contributed by atoms with E-state index in [0.29, 0.717) is 12.0 Å². The molecule has 0 aromatic heterocycles. The Labute approximate surface area is 108 Å². The Morgan fingerprint density at radius 3 is 2.72 bits per heavy atom. The Bertz CT molecular complexity index is 426. The van der Waals surface area contributed by atoms with E-state index in [-0.39, 0.29) is 23.7 Å². The van der Waals surface area contributed by atoms with Gasteiger partial charge in [-0.25, -0.2) is 0 Å². The summed E-state index contributed by atoms with van der Waals surface area (Å²) in [5.41, 5.74) is 0.706. The maximum absolute atomic E-state index is 11.8. The number of hydrogen-bond acceptors (Lipinski definition) is 3. The molecule has 2 atom stereocenters. The molecule has 1 saturated carbocycles. The number of allylic oxidation sites excluding steroid dienone is 3. The Balaban J connectivity index is 2.39. The third kappa shape index (κ3) is 2.17. The maximum Gasteiger partial charge on any atom is 0.183 e. The fraction of sp³-hybridized carbons (Fsp3) is 0.667. The van der Waals surface area contributed by atoms with Crippen LogP contribution in [0.2, 0.25) is 0 Å². The Morgan fingerprint density at radius 1 is 1.50 bits per heavy atom. The monoisotopic (exact) mass is 250 g/mol. The minimum atomic E-state index is -0.737. The van der Waals surface area contributed by atoms with Crippen molar-refractivity contribution in [2.75, 3.05) is 6.61 Å². The molecule has 0 aromatic rings. The highest BCUT2D eigenvalue weighted by molar-refractivity contribution is 6.06. The first-order valence-electron chi connectivity index (χ1n) is 6.57. The second-order valence-electron chi connectivity index (χ2n) is 6.32. The van der Waals surface area contributed by atoms with E-state index >= 15 is 0 Å². The molecular formula is C15H22O3. The van der Waals surface area contributed by atoms with Crippen molar-refractivity contribution in [1.29, 1.82) is 0 Å². The molecule has 18 heavy (non-hydrogen) atoms. The Hall–Kier alpha value is -0.930. The lowest BCUT2D eigenvalue weighted by molar-refractivity contribution is -0.112. The van der Waals surface area contributed by atoms with Gasteiger partial charge in [0.25, 0.3) is 0 Å². The maximum atomic E-state index is 11.8.